The van der Waals surface area contributed by atoms with Crippen LogP contribution in [-0.4, -0.2) is 9.91 Å². The number of rotatable bonds is 5. The van der Waals surface area contributed by atoms with Crippen molar-refractivity contribution in [3.05, 3.63) is 81.7 Å². The lowest BCUT2D eigenvalue weighted by Crippen LogP contribution is -1.96. The van der Waals surface area contributed by atoms with E-state index in [-0.39, 0.29) is 11.6 Å². The van der Waals surface area contributed by atoms with Gasteiger partial charge in [0.25, 0.3) is 5.69 Å². The van der Waals surface area contributed by atoms with Crippen molar-refractivity contribution in [2.75, 3.05) is 0 Å². The molecule has 0 unspecified atom stereocenters. The number of nitrogens with zero attached hydrogens (tertiary/aromatic N) is 2. The van der Waals surface area contributed by atoms with Crippen LogP contribution in [0.1, 0.15) is 36.8 Å². The molecule has 0 bridgehead atoms. The van der Waals surface area contributed by atoms with Crippen LogP contribution in [0, 0.1) is 10.1 Å². The first-order chi connectivity index (χ1) is 11.5. The zero-order chi connectivity index (χ0) is 17.1. The standard InChI is InChI=1S/C19H18N2O3/c1-13(2)18-17(12-14-8-10-16(11-9-14)21(22)23)24-19(20-18)15-6-4-3-5-7-15/h3-11,13H,12H2,1-2H3. The van der Waals surface area contributed by atoms with E-state index in [9.17, 15) is 10.1 Å². The van der Waals surface area contributed by atoms with Crippen molar-refractivity contribution >= 4 is 5.69 Å². The van der Waals surface area contributed by atoms with Crippen LogP contribution in [0.15, 0.2) is 59.0 Å². The molecule has 5 heteroatoms. The fourth-order valence-corrected chi connectivity index (χ4v) is 2.57. The number of hydrogen-bond acceptors (Lipinski definition) is 4. The molecule has 0 radical (unpaired) electrons. The number of oxazole rings is 1. The van der Waals surface area contributed by atoms with E-state index in [4.69, 9.17) is 4.42 Å². The predicted molar refractivity (Wildman–Crippen MR) is 91.9 cm³/mol. The van der Waals surface area contributed by atoms with Gasteiger partial charge in [-0.1, -0.05) is 44.2 Å². The van der Waals surface area contributed by atoms with E-state index >= 15 is 0 Å². The molecule has 0 fully saturated rings. The minimum Gasteiger partial charge on any atom is -0.441 e. The molecule has 1 heterocycles. The lowest BCUT2D eigenvalue weighted by molar-refractivity contribution is -0.384. The second-order valence-electron chi connectivity index (χ2n) is 5.95. The number of nitro benzene ring substituents is 1. The number of non-ortho nitro benzene ring substituents is 1. The van der Waals surface area contributed by atoms with Gasteiger partial charge in [-0.05, 0) is 23.6 Å². The summed E-state index contributed by atoms with van der Waals surface area (Å²) in [6.07, 6.45) is 0.561. The largest absolute Gasteiger partial charge is 0.441 e. The summed E-state index contributed by atoms with van der Waals surface area (Å²) in [5.41, 5.74) is 2.91. The maximum absolute atomic E-state index is 10.8. The van der Waals surface area contributed by atoms with Gasteiger partial charge in [0.05, 0.1) is 10.6 Å². The summed E-state index contributed by atoms with van der Waals surface area (Å²) in [4.78, 5) is 15.0. The molecule has 0 saturated heterocycles. The lowest BCUT2D eigenvalue weighted by atomic mass is 10.0. The second kappa shape index (κ2) is 6.66. The van der Waals surface area contributed by atoms with E-state index in [0.717, 1.165) is 22.6 Å². The Balaban J connectivity index is 1.92. The zero-order valence-electron chi connectivity index (χ0n) is 13.6. The highest BCUT2D eigenvalue weighted by Gasteiger charge is 2.18. The van der Waals surface area contributed by atoms with Gasteiger partial charge in [0.2, 0.25) is 5.89 Å². The maximum atomic E-state index is 10.8. The Morgan fingerprint density at radius 1 is 1.08 bits per heavy atom. The zero-order valence-corrected chi connectivity index (χ0v) is 13.6. The van der Waals surface area contributed by atoms with Crippen molar-refractivity contribution in [1.29, 1.82) is 0 Å². The summed E-state index contributed by atoms with van der Waals surface area (Å²) >= 11 is 0. The molecule has 122 valence electrons. The van der Waals surface area contributed by atoms with E-state index in [1.54, 1.807) is 12.1 Å². The van der Waals surface area contributed by atoms with Gasteiger partial charge < -0.3 is 4.42 Å². The van der Waals surface area contributed by atoms with Crippen LogP contribution < -0.4 is 0 Å². The topological polar surface area (TPSA) is 69.2 Å². The molecule has 0 aliphatic heterocycles. The van der Waals surface area contributed by atoms with Crippen molar-refractivity contribution in [2.45, 2.75) is 26.2 Å². The fraction of sp³-hybridized carbons (Fsp3) is 0.211. The fourth-order valence-electron chi connectivity index (χ4n) is 2.57. The summed E-state index contributed by atoms with van der Waals surface area (Å²) in [5.74, 6) is 1.65. The molecule has 5 nitrogen and oxygen atoms in total. The van der Waals surface area contributed by atoms with Crippen molar-refractivity contribution < 1.29 is 9.34 Å². The van der Waals surface area contributed by atoms with Gasteiger partial charge >= 0.3 is 0 Å². The molecule has 3 aromatic rings. The number of aromatic nitrogens is 1. The van der Waals surface area contributed by atoms with Crippen LogP contribution in [0.25, 0.3) is 11.5 Å². The van der Waals surface area contributed by atoms with E-state index < -0.39 is 4.92 Å². The Bertz CT molecular complexity index is 837. The highest BCUT2D eigenvalue weighted by Crippen LogP contribution is 2.28. The number of hydrogen-bond donors (Lipinski definition) is 0. The third-order valence-corrected chi connectivity index (χ3v) is 3.81. The van der Waals surface area contributed by atoms with E-state index in [0.29, 0.717) is 12.3 Å². The summed E-state index contributed by atoms with van der Waals surface area (Å²) in [6.45, 7) is 4.15. The van der Waals surface area contributed by atoms with Gasteiger partial charge in [0, 0.05) is 24.1 Å². The van der Waals surface area contributed by atoms with E-state index in [1.807, 2.05) is 30.3 Å². The molecule has 0 aliphatic carbocycles. The molecule has 1 aromatic heterocycles. The Morgan fingerprint density at radius 3 is 2.33 bits per heavy atom. The molecular formula is C19H18N2O3. The summed E-state index contributed by atoms with van der Waals surface area (Å²) in [7, 11) is 0. The Morgan fingerprint density at radius 2 is 1.75 bits per heavy atom. The predicted octanol–water partition coefficient (Wildman–Crippen LogP) is 4.96. The maximum Gasteiger partial charge on any atom is 0.269 e. The third kappa shape index (κ3) is 3.35. The normalized spacial score (nSPS) is 11.0. The Labute approximate surface area is 140 Å². The van der Waals surface area contributed by atoms with Crippen LogP contribution in [0.4, 0.5) is 5.69 Å². The van der Waals surface area contributed by atoms with Gasteiger partial charge in [0.1, 0.15) is 5.76 Å². The van der Waals surface area contributed by atoms with Crippen LogP contribution >= 0.6 is 0 Å². The second-order valence-corrected chi connectivity index (χ2v) is 5.95. The Hall–Kier alpha value is -2.95. The van der Waals surface area contributed by atoms with Crippen LogP contribution in [0.5, 0.6) is 0 Å². The number of benzene rings is 2. The average Bonchev–Trinajstić information content (AvgIpc) is 3.00. The first-order valence-electron chi connectivity index (χ1n) is 7.83. The van der Waals surface area contributed by atoms with Gasteiger partial charge in [0.15, 0.2) is 0 Å². The summed E-state index contributed by atoms with van der Waals surface area (Å²) in [6, 6.07) is 16.3. The lowest BCUT2D eigenvalue weighted by Gasteiger charge is -2.03. The molecule has 0 saturated carbocycles. The van der Waals surface area contributed by atoms with Gasteiger partial charge in [-0.2, -0.15) is 0 Å². The first-order valence-corrected chi connectivity index (χ1v) is 7.83. The minimum atomic E-state index is -0.398. The van der Waals surface area contributed by atoms with Gasteiger partial charge in [-0.15, -0.1) is 0 Å². The molecule has 0 aliphatic rings. The SMILES string of the molecule is CC(C)c1nc(-c2ccccc2)oc1Cc1ccc([N+](=O)[O-])cc1. The van der Waals surface area contributed by atoms with E-state index in [1.165, 1.54) is 12.1 Å². The highest BCUT2D eigenvalue weighted by atomic mass is 16.6. The molecule has 24 heavy (non-hydrogen) atoms. The smallest absolute Gasteiger partial charge is 0.269 e. The molecule has 2 aromatic carbocycles. The molecule has 0 spiro atoms. The third-order valence-electron chi connectivity index (χ3n) is 3.81. The minimum absolute atomic E-state index is 0.0883. The van der Waals surface area contributed by atoms with Crippen molar-refractivity contribution in [3.63, 3.8) is 0 Å². The average molecular weight is 322 g/mol. The monoisotopic (exact) mass is 322 g/mol. The van der Waals surface area contributed by atoms with Crippen molar-refractivity contribution in [1.82, 2.24) is 4.98 Å². The molecule has 0 amide bonds. The highest BCUT2D eigenvalue weighted by molar-refractivity contribution is 5.53. The molecule has 3 rings (SSSR count). The molecular weight excluding hydrogens is 304 g/mol. The van der Waals surface area contributed by atoms with Crippen LogP contribution in [0.2, 0.25) is 0 Å². The summed E-state index contributed by atoms with van der Waals surface area (Å²) < 4.78 is 6.00. The van der Waals surface area contributed by atoms with Crippen LogP contribution in [0.3, 0.4) is 0 Å². The summed E-state index contributed by atoms with van der Waals surface area (Å²) in [5, 5.41) is 10.8. The quantitative estimate of drug-likeness (QED) is 0.491. The Kier molecular flexibility index (Phi) is 4.42. The first kappa shape index (κ1) is 15.9. The van der Waals surface area contributed by atoms with E-state index in [2.05, 4.69) is 18.8 Å². The van der Waals surface area contributed by atoms with Crippen molar-refractivity contribution in [2.24, 2.45) is 0 Å². The van der Waals surface area contributed by atoms with Gasteiger partial charge in [-0.3, -0.25) is 10.1 Å². The molecule has 0 N–H and O–H groups in total. The van der Waals surface area contributed by atoms with Crippen LogP contribution in [-0.2, 0) is 6.42 Å². The molecule has 0 atom stereocenters. The number of nitro groups is 1. The van der Waals surface area contributed by atoms with Gasteiger partial charge in [-0.25, -0.2) is 4.98 Å². The van der Waals surface area contributed by atoms with Crippen molar-refractivity contribution in [3.8, 4) is 11.5 Å².